The van der Waals surface area contributed by atoms with Crippen LogP contribution in [-0.2, 0) is 16.0 Å². The van der Waals surface area contributed by atoms with Gasteiger partial charge in [0.25, 0.3) is 0 Å². The molecule has 0 spiro atoms. The van der Waals surface area contributed by atoms with Crippen LogP contribution in [0.25, 0.3) is 10.9 Å². The lowest BCUT2D eigenvalue weighted by Crippen LogP contribution is -2.55. The lowest BCUT2D eigenvalue weighted by molar-refractivity contribution is -0.914. The molecular formula is C21H26N2O3. The number of quaternary nitrogens is 1. The number of rotatable bonds is 2. The second-order valence-corrected chi connectivity index (χ2v) is 7.68. The molecule has 1 unspecified atom stereocenters. The lowest BCUT2D eigenvalue weighted by Gasteiger charge is -2.56. The largest absolute Gasteiger partial charge is 0.632 e. The number of hydrogen-bond acceptors (Lipinski definition) is 3. The van der Waals surface area contributed by atoms with Crippen molar-refractivity contribution in [3.8, 4) is 0 Å². The summed E-state index contributed by atoms with van der Waals surface area (Å²) >= 11 is 0. The van der Waals surface area contributed by atoms with Gasteiger partial charge >= 0.3 is 5.97 Å². The van der Waals surface area contributed by atoms with Crippen LogP contribution in [0.4, 0.5) is 0 Å². The topological polar surface area (TPSA) is 65.1 Å². The number of piperidine rings is 1. The maximum Gasteiger partial charge on any atom is 0.308 e. The van der Waals surface area contributed by atoms with Crippen molar-refractivity contribution in [3.05, 3.63) is 52.4 Å². The van der Waals surface area contributed by atoms with Crippen molar-refractivity contribution in [1.82, 2.24) is 4.98 Å². The van der Waals surface area contributed by atoms with E-state index in [0.29, 0.717) is 19.5 Å². The van der Waals surface area contributed by atoms with Crippen molar-refractivity contribution in [2.45, 2.75) is 32.7 Å². The van der Waals surface area contributed by atoms with Gasteiger partial charge in [0.15, 0.2) is 0 Å². The van der Waals surface area contributed by atoms with Gasteiger partial charge in [-0.3, -0.25) is 4.79 Å². The maximum atomic E-state index is 13.7. The molecule has 26 heavy (non-hydrogen) atoms. The molecule has 1 aromatic carbocycles. The summed E-state index contributed by atoms with van der Waals surface area (Å²) in [6.45, 7) is 4.94. The van der Waals surface area contributed by atoms with Gasteiger partial charge in [0.2, 0.25) is 0 Å². The molecule has 1 saturated heterocycles. The summed E-state index contributed by atoms with van der Waals surface area (Å²) in [7, 11) is 1.43. The van der Waals surface area contributed by atoms with Crippen molar-refractivity contribution >= 4 is 16.9 Å². The van der Waals surface area contributed by atoms with E-state index in [-0.39, 0.29) is 28.5 Å². The predicted octanol–water partition coefficient (Wildman–Crippen LogP) is 3.86. The summed E-state index contributed by atoms with van der Waals surface area (Å²) < 4.78 is 4.76. The summed E-state index contributed by atoms with van der Waals surface area (Å²) in [6.07, 6.45) is 3.51. The van der Waals surface area contributed by atoms with Gasteiger partial charge in [0.1, 0.15) is 12.6 Å². The summed E-state index contributed by atoms with van der Waals surface area (Å²) in [4.78, 5) is 15.7. The zero-order valence-corrected chi connectivity index (χ0v) is 15.6. The van der Waals surface area contributed by atoms with Crippen molar-refractivity contribution < 1.29 is 14.2 Å². The number of esters is 1. The van der Waals surface area contributed by atoms with Crippen LogP contribution >= 0.6 is 0 Å². The summed E-state index contributed by atoms with van der Waals surface area (Å²) in [5.41, 5.74) is 4.54. The Hall–Kier alpha value is -2.11. The monoisotopic (exact) mass is 354 g/mol. The molecule has 3 heterocycles. The molecule has 4 atom stereocenters. The van der Waals surface area contributed by atoms with Crippen LogP contribution < -0.4 is 0 Å². The zero-order chi connectivity index (χ0) is 18.5. The average molecular weight is 354 g/mol. The quantitative estimate of drug-likeness (QED) is 0.385. The van der Waals surface area contributed by atoms with Crippen molar-refractivity contribution in [1.29, 1.82) is 0 Å². The van der Waals surface area contributed by atoms with Crippen molar-refractivity contribution in [3.63, 3.8) is 0 Å². The molecule has 5 heteroatoms. The number of hydroxylamine groups is 3. The van der Waals surface area contributed by atoms with E-state index in [9.17, 15) is 10.0 Å². The molecule has 1 N–H and O–H groups in total. The Morgan fingerprint density at radius 2 is 2.19 bits per heavy atom. The average Bonchev–Trinajstić information content (AvgIpc) is 3.04. The number of aromatic nitrogens is 1. The molecule has 2 aliphatic rings. The van der Waals surface area contributed by atoms with Crippen LogP contribution in [0.5, 0.6) is 0 Å². The molecule has 1 fully saturated rings. The van der Waals surface area contributed by atoms with E-state index in [4.69, 9.17) is 4.74 Å². The number of carbonyl (C=O) groups excluding carboxylic acids is 1. The molecular weight excluding hydrogens is 328 g/mol. The number of fused-ring (bicyclic) bond motifs is 5. The highest BCUT2D eigenvalue weighted by Crippen LogP contribution is 2.48. The van der Waals surface area contributed by atoms with E-state index >= 15 is 0 Å². The van der Waals surface area contributed by atoms with Crippen LogP contribution in [0.1, 0.15) is 37.6 Å². The highest BCUT2D eigenvalue weighted by molar-refractivity contribution is 5.85. The fraction of sp³-hybridized carbons (Fsp3) is 0.476. The van der Waals surface area contributed by atoms with Crippen molar-refractivity contribution in [2.24, 2.45) is 11.8 Å². The van der Waals surface area contributed by atoms with E-state index in [1.807, 2.05) is 32.1 Å². The minimum absolute atomic E-state index is 0.0509. The van der Waals surface area contributed by atoms with Gasteiger partial charge in [-0.1, -0.05) is 31.2 Å². The molecule has 0 radical (unpaired) electrons. The first kappa shape index (κ1) is 17.3. The SMILES string of the molecule is C/C=C1/C[N+]2([O-])CCc3c([nH]c4ccccc34)[C@@H]2C[C@@H]1[C@@H](C)C(=O)OC. The number of nitrogens with zero attached hydrogens (tertiary/aromatic N) is 1. The summed E-state index contributed by atoms with van der Waals surface area (Å²) in [6, 6.07) is 8.12. The Morgan fingerprint density at radius 1 is 1.42 bits per heavy atom. The molecule has 138 valence electrons. The van der Waals surface area contributed by atoms with E-state index in [1.54, 1.807) is 0 Å². The summed E-state index contributed by atoms with van der Waals surface area (Å²) in [5.74, 6) is -0.391. The third-order valence-corrected chi connectivity index (χ3v) is 6.44. The van der Waals surface area contributed by atoms with Gasteiger partial charge in [-0.25, -0.2) is 0 Å². The van der Waals surface area contributed by atoms with Crippen LogP contribution in [0.2, 0.25) is 0 Å². The zero-order valence-electron chi connectivity index (χ0n) is 15.6. The maximum absolute atomic E-state index is 13.7. The lowest BCUT2D eigenvalue weighted by atomic mass is 9.75. The van der Waals surface area contributed by atoms with Crippen LogP contribution in [-0.4, -0.2) is 35.8 Å². The van der Waals surface area contributed by atoms with Gasteiger partial charge in [-0.15, -0.1) is 0 Å². The number of allylic oxidation sites excluding steroid dienone is 1. The molecule has 2 aliphatic heterocycles. The Kier molecular flexibility index (Phi) is 4.16. The van der Waals surface area contributed by atoms with Gasteiger partial charge in [-0.2, -0.15) is 0 Å². The van der Waals surface area contributed by atoms with Gasteiger partial charge in [0, 0.05) is 29.7 Å². The fourth-order valence-electron chi connectivity index (χ4n) is 4.96. The Balaban J connectivity index is 1.77. The van der Waals surface area contributed by atoms with E-state index in [0.717, 1.165) is 23.2 Å². The second kappa shape index (κ2) is 6.25. The Labute approximate surface area is 153 Å². The predicted molar refractivity (Wildman–Crippen MR) is 101 cm³/mol. The summed E-state index contributed by atoms with van der Waals surface area (Å²) in [5, 5.41) is 14.9. The van der Waals surface area contributed by atoms with Crippen molar-refractivity contribution in [2.75, 3.05) is 20.2 Å². The molecule has 2 aromatic rings. The minimum atomic E-state index is -0.241. The van der Waals surface area contributed by atoms with Gasteiger partial charge in [0.05, 0.1) is 25.3 Å². The molecule has 0 aliphatic carbocycles. The number of hydrogen-bond donors (Lipinski definition) is 1. The van der Waals surface area contributed by atoms with Crippen LogP contribution in [0.3, 0.4) is 0 Å². The number of para-hydroxylation sites is 1. The number of aromatic amines is 1. The number of carbonyl (C=O) groups is 1. The highest BCUT2D eigenvalue weighted by Gasteiger charge is 2.47. The molecule has 1 aromatic heterocycles. The van der Waals surface area contributed by atoms with E-state index in [1.165, 1.54) is 18.1 Å². The van der Waals surface area contributed by atoms with Crippen LogP contribution in [0.15, 0.2) is 35.9 Å². The second-order valence-electron chi connectivity index (χ2n) is 7.68. The van der Waals surface area contributed by atoms with E-state index in [2.05, 4.69) is 17.1 Å². The molecule has 4 rings (SSSR count). The first-order chi connectivity index (χ1) is 12.5. The molecule has 0 amide bonds. The van der Waals surface area contributed by atoms with Gasteiger partial charge in [-0.05, 0) is 24.1 Å². The van der Waals surface area contributed by atoms with E-state index < -0.39 is 0 Å². The Bertz CT molecular complexity index is 885. The highest BCUT2D eigenvalue weighted by atomic mass is 16.5. The normalized spacial score (nSPS) is 30.7. The number of methoxy groups -OCH3 is 1. The third kappa shape index (κ3) is 2.49. The van der Waals surface area contributed by atoms with Crippen LogP contribution in [0, 0.1) is 17.0 Å². The number of H-pyrrole nitrogens is 1. The molecule has 0 saturated carbocycles. The first-order valence-electron chi connectivity index (χ1n) is 9.38. The third-order valence-electron chi connectivity index (χ3n) is 6.44. The number of ether oxygens (including phenoxy) is 1. The minimum Gasteiger partial charge on any atom is -0.632 e. The standard InChI is InChI=1S/C21H26N2O3/c1-4-14-12-23(25)10-9-16-15-7-5-6-8-18(15)22-20(16)19(23)11-17(14)13(2)21(24)26-3/h4-8,13,17,19,22H,9-12H2,1-3H3/b14-4-/t13-,17-,19+,23?/m1/s1. The Morgan fingerprint density at radius 3 is 2.92 bits per heavy atom. The fourth-order valence-corrected chi connectivity index (χ4v) is 4.96. The van der Waals surface area contributed by atoms with Gasteiger partial charge < -0.3 is 19.6 Å². The number of nitrogens with one attached hydrogen (secondary N) is 1. The smallest absolute Gasteiger partial charge is 0.308 e. The molecule has 5 nitrogen and oxygen atoms in total. The molecule has 0 bridgehead atoms. The number of benzene rings is 1. The first-order valence-corrected chi connectivity index (χ1v) is 9.38.